The van der Waals surface area contributed by atoms with Crippen LogP contribution in [0.5, 0.6) is 11.5 Å². The zero-order valence-corrected chi connectivity index (χ0v) is 17.0. The van der Waals surface area contributed by atoms with E-state index < -0.39 is 0 Å². The molecule has 29 heavy (non-hydrogen) atoms. The van der Waals surface area contributed by atoms with Gasteiger partial charge in [-0.2, -0.15) is 5.12 Å². The molecular formula is C20H12Cl3N4O2. The number of hydrogen-bond donors (Lipinski definition) is 0. The Labute approximate surface area is 181 Å². The number of anilines is 3. The molecule has 2 aliphatic rings. The topological polar surface area (TPSA) is 40.5 Å². The fourth-order valence-corrected chi connectivity index (χ4v) is 3.60. The minimum absolute atomic E-state index is 0.187. The molecule has 0 aromatic heterocycles. The van der Waals surface area contributed by atoms with Gasteiger partial charge in [-0.1, -0.05) is 40.9 Å². The predicted molar refractivity (Wildman–Crippen MR) is 115 cm³/mol. The van der Waals surface area contributed by atoms with Crippen molar-refractivity contribution in [3.8, 4) is 11.5 Å². The van der Waals surface area contributed by atoms with Gasteiger partial charge >= 0.3 is 0 Å². The third kappa shape index (κ3) is 3.29. The van der Waals surface area contributed by atoms with Crippen LogP contribution in [-0.2, 0) is 0 Å². The van der Waals surface area contributed by atoms with Crippen LogP contribution in [-0.4, -0.2) is 13.1 Å². The fraction of sp³-hybridized carbons (Fsp3) is 0.0500. The molecule has 3 aromatic carbocycles. The van der Waals surface area contributed by atoms with Crippen LogP contribution in [0.4, 0.5) is 17.1 Å². The first-order chi connectivity index (χ1) is 14.1. The highest BCUT2D eigenvalue weighted by Gasteiger charge is 2.32. The highest BCUT2D eigenvalue weighted by Crippen LogP contribution is 2.40. The van der Waals surface area contributed by atoms with Gasteiger partial charge in [0.1, 0.15) is 5.69 Å². The lowest BCUT2D eigenvalue weighted by atomic mass is 10.2. The molecule has 0 bridgehead atoms. The second kappa shape index (κ2) is 7.22. The molecule has 0 spiro atoms. The number of rotatable bonds is 3. The summed E-state index contributed by atoms with van der Waals surface area (Å²) in [6.07, 6.45) is 2.99. The second-order valence-corrected chi connectivity index (χ2v) is 7.48. The Balaban J connectivity index is 1.62. The fourth-order valence-electron chi connectivity index (χ4n) is 3.05. The van der Waals surface area contributed by atoms with Gasteiger partial charge in [0.05, 0.1) is 16.4 Å². The van der Waals surface area contributed by atoms with Crippen LogP contribution in [0.3, 0.4) is 0 Å². The van der Waals surface area contributed by atoms with E-state index in [0.29, 0.717) is 32.3 Å². The molecule has 0 saturated heterocycles. The summed E-state index contributed by atoms with van der Waals surface area (Å²) < 4.78 is 10.9. The van der Waals surface area contributed by atoms with E-state index >= 15 is 0 Å². The Kier molecular flexibility index (Phi) is 4.54. The molecule has 2 aliphatic heterocycles. The van der Waals surface area contributed by atoms with Gasteiger partial charge in [0, 0.05) is 16.1 Å². The lowest BCUT2D eigenvalue weighted by Crippen LogP contribution is -2.46. The van der Waals surface area contributed by atoms with Gasteiger partial charge in [-0.15, -0.1) is 10.2 Å². The third-order valence-corrected chi connectivity index (χ3v) is 5.16. The maximum absolute atomic E-state index is 6.51. The molecule has 0 saturated carbocycles. The van der Waals surface area contributed by atoms with Crippen molar-refractivity contribution >= 4 is 58.2 Å². The summed E-state index contributed by atoms with van der Waals surface area (Å²) in [4.78, 5) is 0. The zero-order valence-electron chi connectivity index (χ0n) is 14.7. The van der Waals surface area contributed by atoms with E-state index in [1.807, 2.05) is 30.3 Å². The molecule has 0 atom stereocenters. The van der Waals surface area contributed by atoms with Crippen molar-refractivity contribution in [2.75, 3.05) is 22.0 Å². The Morgan fingerprint density at radius 1 is 0.828 bits per heavy atom. The van der Waals surface area contributed by atoms with Gasteiger partial charge in [-0.25, -0.2) is 5.01 Å². The van der Waals surface area contributed by atoms with Gasteiger partial charge in [0.2, 0.25) is 13.1 Å². The predicted octanol–water partition coefficient (Wildman–Crippen LogP) is 5.86. The molecule has 1 radical (unpaired) electrons. The number of ether oxygens (including phenoxy) is 2. The first kappa shape index (κ1) is 18.2. The summed E-state index contributed by atoms with van der Waals surface area (Å²) in [6.45, 7) is 0.187. The van der Waals surface area contributed by atoms with Crippen LogP contribution in [0.15, 0.2) is 65.8 Å². The van der Waals surface area contributed by atoms with E-state index in [4.69, 9.17) is 44.3 Å². The third-order valence-electron chi connectivity index (χ3n) is 4.37. The molecule has 3 aromatic rings. The standard InChI is InChI=1S/C20H12Cl3N4O2/c21-13-2-1-3-15(8-13)25-11-24-26(16-5-7-19-20(10-16)29-12-28-19)27(25)18-9-14(22)4-6-17(18)23/h1-10H,12H2. The number of hydrazine groups is 2. The first-order valence-electron chi connectivity index (χ1n) is 8.57. The van der Waals surface area contributed by atoms with Gasteiger partial charge in [-0.05, 0) is 48.5 Å². The molecule has 0 fully saturated rings. The van der Waals surface area contributed by atoms with Crippen molar-refractivity contribution in [3.63, 3.8) is 0 Å². The van der Waals surface area contributed by atoms with Gasteiger partial charge in [0.15, 0.2) is 11.5 Å². The SMILES string of the molecule is Clc1cccc(N2[C]=NN(c3ccc4c(c3)OCO4)N2c2cc(Cl)ccc2Cl)c1. The number of halogens is 3. The van der Waals surface area contributed by atoms with E-state index in [-0.39, 0.29) is 6.79 Å². The molecule has 2 heterocycles. The monoisotopic (exact) mass is 445 g/mol. The van der Waals surface area contributed by atoms with Gasteiger partial charge in [-0.3, -0.25) is 0 Å². The number of hydrazone groups is 1. The van der Waals surface area contributed by atoms with Crippen LogP contribution in [0, 0.1) is 0 Å². The van der Waals surface area contributed by atoms with Crippen LogP contribution < -0.4 is 24.7 Å². The van der Waals surface area contributed by atoms with Gasteiger partial charge < -0.3 is 9.47 Å². The molecule has 0 aliphatic carbocycles. The highest BCUT2D eigenvalue weighted by molar-refractivity contribution is 6.35. The lowest BCUT2D eigenvalue weighted by molar-refractivity contribution is 0.174. The number of fused-ring (bicyclic) bond motifs is 1. The summed E-state index contributed by atoms with van der Waals surface area (Å²) in [6, 6.07) is 18.1. The van der Waals surface area contributed by atoms with E-state index in [2.05, 4.69) is 11.4 Å². The van der Waals surface area contributed by atoms with Crippen LogP contribution in [0.25, 0.3) is 0 Å². The minimum Gasteiger partial charge on any atom is -0.454 e. The number of benzene rings is 3. The maximum Gasteiger partial charge on any atom is 0.231 e. The highest BCUT2D eigenvalue weighted by atomic mass is 35.5. The molecule has 0 N–H and O–H groups in total. The molecule has 0 unspecified atom stereocenters. The molecule has 5 rings (SSSR count). The van der Waals surface area contributed by atoms with Crippen molar-refractivity contribution < 1.29 is 9.47 Å². The van der Waals surface area contributed by atoms with Crippen molar-refractivity contribution in [3.05, 3.63) is 75.7 Å². The summed E-state index contributed by atoms with van der Waals surface area (Å²) in [5, 5.41) is 11.1. The van der Waals surface area contributed by atoms with Crippen molar-refractivity contribution in [2.24, 2.45) is 5.10 Å². The number of nitrogens with zero attached hydrogens (tertiary/aromatic N) is 4. The van der Waals surface area contributed by atoms with Crippen molar-refractivity contribution in [2.45, 2.75) is 0 Å². The normalized spacial score (nSPS) is 14.8. The van der Waals surface area contributed by atoms with Gasteiger partial charge in [0.25, 0.3) is 0 Å². The largest absolute Gasteiger partial charge is 0.454 e. The first-order valence-corrected chi connectivity index (χ1v) is 9.70. The Bertz CT molecular complexity index is 1120. The smallest absolute Gasteiger partial charge is 0.231 e. The zero-order chi connectivity index (χ0) is 20.0. The number of hydrogen-bond acceptors (Lipinski definition) is 6. The molecular weight excluding hydrogens is 435 g/mol. The summed E-state index contributed by atoms with van der Waals surface area (Å²) in [5.74, 6) is 1.32. The van der Waals surface area contributed by atoms with Crippen molar-refractivity contribution in [1.29, 1.82) is 0 Å². The summed E-state index contributed by atoms with van der Waals surface area (Å²) >= 11 is 19.0. The van der Waals surface area contributed by atoms with E-state index in [1.165, 1.54) is 0 Å². The molecule has 0 amide bonds. The lowest BCUT2D eigenvalue weighted by Gasteiger charge is -2.35. The Morgan fingerprint density at radius 3 is 2.52 bits per heavy atom. The van der Waals surface area contributed by atoms with E-state index in [1.54, 1.807) is 45.6 Å². The molecule has 9 heteroatoms. The molecule has 6 nitrogen and oxygen atoms in total. The van der Waals surface area contributed by atoms with E-state index in [0.717, 1.165) is 11.4 Å². The average molecular weight is 447 g/mol. The van der Waals surface area contributed by atoms with Crippen LogP contribution in [0.1, 0.15) is 0 Å². The van der Waals surface area contributed by atoms with Crippen LogP contribution in [0.2, 0.25) is 15.1 Å². The summed E-state index contributed by atoms with van der Waals surface area (Å²) in [7, 11) is 0. The average Bonchev–Trinajstić information content (AvgIpc) is 3.36. The van der Waals surface area contributed by atoms with E-state index in [9.17, 15) is 0 Å². The molecule has 145 valence electrons. The second-order valence-electron chi connectivity index (χ2n) is 6.20. The summed E-state index contributed by atoms with van der Waals surface area (Å²) in [5.41, 5.74) is 2.09. The Hall–Kier alpha value is -2.80. The maximum atomic E-state index is 6.51. The van der Waals surface area contributed by atoms with Crippen LogP contribution >= 0.6 is 34.8 Å². The Morgan fingerprint density at radius 2 is 1.66 bits per heavy atom. The van der Waals surface area contributed by atoms with Crippen molar-refractivity contribution in [1.82, 2.24) is 0 Å². The quantitative estimate of drug-likeness (QED) is 0.504. The minimum atomic E-state index is 0.187.